The van der Waals surface area contributed by atoms with Gasteiger partial charge in [-0.3, -0.25) is 14.7 Å². The highest BCUT2D eigenvalue weighted by molar-refractivity contribution is 5.81. The van der Waals surface area contributed by atoms with Gasteiger partial charge >= 0.3 is 0 Å². The van der Waals surface area contributed by atoms with E-state index in [1.54, 1.807) is 0 Å². The van der Waals surface area contributed by atoms with E-state index in [0.29, 0.717) is 12.0 Å². The second kappa shape index (κ2) is 7.04. The van der Waals surface area contributed by atoms with Gasteiger partial charge in [-0.2, -0.15) is 0 Å². The number of carbonyl (C=O) groups is 1. The summed E-state index contributed by atoms with van der Waals surface area (Å²) in [4.78, 5) is 19.1. The Balaban J connectivity index is 1.30. The maximum Gasteiger partial charge on any atom is 0.223 e. The van der Waals surface area contributed by atoms with E-state index in [1.165, 1.54) is 11.3 Å². The van der Waals surface area contributed by atoms with Crippen LogP contribution in [0.3, 0.4) is 0 Å². The number of hydrogen-bond donors (Lipinski definition) is 1. The first-order valence-electron chi connectivity index (χ1n) is 9.71. The molecule has 5 nitrogen and oxygen atoms in total. The van der Waals surface area contributed by atoms with E-state index < -0.39 is 0 Å². The molecule has 0 radical (unpaired) electrons. The van der Waals surface area contributed by atoms with Crippen LogP contribution < -0.4 is 5.32 Å². The number of likely N-dealkylation sites (tertiary alicyclic amines) is 1. The van der Waals surface area contributed by atoms with Gasteiger partial charge in [-0.25, -0.2) is 0 Å². The Hall–Kier alpha value is -1.46. The number of pyridine rings is 1. The van der Waals surface area contributed by atoms with Crippen LogP contribution in [0.1, 0.15) is 49.8 Å². The number of piperidine rings is 1. The van der Waals surface area contributed by atoms with Gasteiger partial charge in [0, 0.05) is 44.4 Å². The molecule has 0 aromatic carbocycles. The highest BCUT2D eigenvalue weighted by Crippen LogP contribution is 2.36. The monoisotopic (exact) mass is 343 g/mol. The predicted molar refractivity (Wildman–Crippen MR) is 96.1 cm³/mol. The van der Waals surface area contributed by atoms with Crippen molar-refractivity contribution in [3.63, 3.8) is 0 Å². The second-order valence-corrected chi connectivity index (χ2v) is 8.05. The molecule has 3 aliphatic rings. The average Bonchev–Trinajstić information content (AvgIpc) is 3.44. The minimum Gasteiger partial charge on any atom is -0.375 e. The zero-order valence-corrected chi connectivity index (χ0v) is 15.2. The first-order valence-corrected chi connectivity index (χ1v) is 9.71. The quantitative estimate of drug-likeness (QED) is 0.912. The zero-order valence-electron chi connectivity index (χ0n) is 15.2. The van der Waals surface area contributed by atoms with E-state index in [0.717, 1.165) is 64.8 Å². The molecule has 1 saturated carbocycles. The van der Waals surface area contributed by atoms with Crippen LogP contribution in [0.4, 0.5) is 0 Å². The van der Waals surface area contributed by atoms with Crippen LogP contribution in [0.5, 0.6) is 0 Å². The van der Waals surface area contributed by atoms with Gasteiger partial charge in [-0.1, -0.05) is 6.07 Å². The number of nitrogens with zero attached hydrogens (tertiary/aromatic N) is 2. The molecule has 1 aliphatic carbocycles. The van der Waals surface area contributed by atoms with Crippen LogP contribution in [0, 0.1) is 12.8 Å². The van der Waals surface area contributed by atoms with Crippen molar-refractivity contribution < 1.29 is 9.53 Å². The Morgan fingerprint density at radius 2 is 2.16 bits per heavy atom. The fourth-order valence-corrected chi connectivity index (χ4v) is 4.18. The highest BCUT2D eigenvalue weighted by Gasteiger charge is 2.41. The van der Waals surface area contributed by atoms with Crippen molar-refractivity contribution in [3.05, 3.63) is 29.6 Å². The maximum atomic E-state index is 12.1. The van der Waals surface area contributed by atoms with Crippen molar-refractivity contribution in [2.45, 2.75) is 63.6 Å². The number of nitrogens with one attached hydrogen (secondary N) is 1. The van der Waals surface area contributed by atoms with Crippen LogP contribution in [0.25, 0.3) is 0 Å². The number of rotatable bonds is 4. The normalized spacial score (nSPS) is 26.5. The summed E-state index contributed by atoms with van der Waals surface area (Å²) in [6.45, 7) is 5.91. The van der Waals surface area contributed by atoms with E-state index in [2.05, 4.69) is 28.2 Å². The van der Waals surface area contributed by atoms with Gasteiger partial charge < -0.3 is 10.1 Å². The number of ether oxygens (including phenoxy) is 1. The van der Waals surface area contributed by atoms with Gasteiger partial charge in [-0.15, -0.1) is 0 Å². The first-order chi connectivity index (χ1) is 12.1. The van der Waals surface area contributed by atoms with Crippen LogP contribution >= 0.6 is 0 Å². The smallest absolute Gasteiger partial charge is 0.223 e. The molecule has 0 unspecified atom stereocenters. The Labute approximate surface area is 150 Å². The standard InChI is InChI=1S/C20H29N3O2/c1-15-3-2-9-21-18(15)14-23-10-7-20(8-11-23)13-17(6-12-25-20)22-19(24)16-4-5-16/h2-3,9,16-17H,4-8,10-14H2,1H3,(H,22,24)/t17-/m1/s1. The fourth-order valence-electron chi connectivity index (χ4n) is 4.18. The number of aryl methyl sites for hydroxylation is 1. The minimum atomic E-state index is -0.0323. The summed E-state index contributed by atoms with van der Waals surface area (Å²) in [6, 6.07) is 4.42. The lowest BCUT2D eigenvalue weighted by molar-refractivity contribution is -0.132. The average molecular weight is 343 g/mol. The Morgan fingerprint density at radius 3 is 2.88 bits per heavy atom. The molecule has 1 amide bonds. The molecule has 1 aromatic rings. The zero-order chi connectivity index (χ0) is 17.3. The third-order valence-electron chi connectivity index (χ3n) is 6.05. The van der Waals surface area contributed by atoms with E-state index in [1.807, 2.05) is 12.3 Å². The van der Waals surface area contributed by atoms with Gasteiger partial charge in [-0.05, 0) is 57.1 Å². The lowest BCUT2D eigenvalue weighted by Crippen LogP contribution is -2.53. The molecule has 1 spiro atoms. The topological polar surface area (TPSA) is 54.5 Å². The highest BCUT2D eigenvalue weighted by atomic mass is 16.5. The Kier molecular flexibility index (Phi) is 4.78. The number of aromatic nitrogens is 1. The largest absolute Gasteiger partial charge is 0.375 e. The number of carbonyl (C=O) groups excluding carboxylic acids is 1. The van der Waals surface area contributed by atoms with E-state index >= 15 is 0 Å². The van der Waals surface area contributed by atoms with Crippen molar-refractivity contribution in [2.75, 3.05) is 19.7 Å². The van der Waals surface area contributed by atoms with Gasteiger partial charge in [0.05, 0.1) is 11.3 Å². The lowest BCUT2D eigenvalue weighted by Gasteiger charge is -2.46. The van der Waals surface area contributed by atoms with Crippen molar-refractivity contribution in [3.8, 4) is 0 Å². The molecule has 2 saturated heterocycles. The minimum absolute atomic E-state index is 0.0323. The van der Waals surface area contributed by atoms with E-state index in [9.17, 15) is 4.79 Å². The van der Waals surface area contributed by atoms with Gasteiger partial charge in [0.2, 0.25) is 5.91 Å². The maximum absolute atomic E-state index is 12.1. The summed E-state index contributed by atoms with van der Waals surface area (Å²) in [5.74, 6) is 0.562. The summed E-state index contributed by atoms with van der Waals surface area (Å²) < 4.78 is 6.22. The fraction of sp³-hybridized carbons (Fsp3) is 0.700. The van der Waals surface area contributed by atoms with Crippen LogP contribution in [-0.4, -0.2) is 47.1 Å². The van der Waals surface area contributed by atoms with Crippen molar-refractivity contribution >= 4 is 5.91 Å². The Bertz CT molecular complexity index is 621. The number of hydrogen-bond acceptors (Lipinski definition) is 4. The molecule has 3 heterocycles. The van der Waals surface area contributed by atoms with E-state index in [-0.39, 0.29) is 11.5 Å². The lowest BCUT2D eigenvalue weighted by atomic mass is 9.82. The summed E-state index contributed by atoms with van der Waals surface area (Å²) in [6.07, 6.45) is 8.05. The molecule has 0 bridgehead atoms. The second-order valence-electron chi connectivity index (χ2n) is 8.05. The van der Waals surface area contributed by atoms with Crippen LogP contribution in [-0.2, 0) is 16.1 Å². The van der Waals surface area contributed by atoms with E-state index in [4.69, 9.17) is 4.74 Å². The summed E-state index contributed by atoms with van der Waals surface area (Å²) in [7, 11) is 0. The molecule has 1 N–H and O–H groups in total. The van der Waals surface area contributed by atoms with Gasteiger partial charge in [0.1, 0.15) is 0 Å². The molecule has 25 heavy (non-hydrogen) atoms. The predicted octanol–water partition coefficient (Wildman–Crippen LogP) is 2.43. The van der Waals surface area contributed by atoms with Crippen molar-refractivity contribution in [2.24, 2.45) is 5.92 Å². The third-order valence-corrected chi connectivity index (χ3v) is 6.05. The van der Waals surface area contributed by atoms with Crippen LogP contribution in [0.2, 0.25) is 0 Å². The molecule has 2 aliphatic heterocycles. The molecule has 1 atom stereocenters. The van der Waals surface area contributed by atoms with Crippen molar-refractivity contribution in [1.29, 1.82) is 0 Å². The Morgan fingerprint density at radius 1 is 1.36 bits per heavy atom. The number of amides is 1. The third kappa shape index (κ3) is 4.04. The first kappa shape index (κ1) is 17.0. The molecule has 1 aromatic heterocycles. The molecule has 5 heteroatoms. The van der Waals surface area contributed by atoms with Gasteiger partial charge in [0.15, 0.2) is 0 Å². The molecule has 136 valence electrons. The SMILES string of the molecule is Cc1cccnc1CN1CCC2(CC1)C[C@H](NC(=O)C1CC1)CCO2. The van der Waals surface area contributed by atoms with Gasteiger partial charge in [0.25, 0.3) is 0 Å². The molecular formula is C20H29N3O2. The molecule has 4 rings (SSSR count). The molecular weight excluding hydrogens is 314 g/mol. The summed E-state index contributed by atoms with van der Waals surface area (Å²) in [5.41, 5.74) is 2.41. The van der Waals surface area contributed by atoms with Crippen molar-refractivity contribution in [1.82, 2.24) is 15.2 Å². The summed E-state index contributed by atoms with van der Waals surface area (Å²) in [5, 5.41) is 3.27. The van der Waals surface area contributed by atoms with Crippen LogP contribution in [0.15, 0.2) is 18.3 Å². The molecule has 3 fully saturated rings. The summed E-state index contributed by atoms with van der Waals surface area (Å²) >= 11 is 0.